The van der Waals surface area contributed by atoms with Gasteiger partial charge in [0.2, 0.25) is 0 Å². The van der Waals surface area contributed by atoms with Gasteiger partial charge in [0.15, 0.2) is 0 Å². The molecular weight excluding hydrogens is 210 g/mol. The lowest BCUT2D eigenvalue weighted by molar-refractivity contribution is -0.0129. The molecule has 0 saturated carbocycles. The van der Waals surface area contributed by atoms with Crippen LogP contribution in [0.4, 0.5) is 0 Å². The Hall–Kier alpha value is -0.860. The first-order valence-electron chi connectivity index (χ1n) is 6.77. The summed E-state index contributed by atoms with van der Waals surface area (Å²) in [6, 6.07) is 11.2. The van der Waals surface area contributed by atoms with E-state index in [1.807, 2.05) is 0 Å². The van der Waals surface area contributed by atoms with Gasteiger partial charge in [0.25, 0.3) is 0 Å². The van der Waals surface area contributed by atoms with Gasteiger partial charge >= 0.3 is 0 Å². The average molecular weight is 231 g/mol. The third-order valence-corrected chi connectivity index (χ3v) is 4.19. The molecule has 3 aliphatic heterocycles. The maximum absolute atomic E-state index is 5.87. The molecule has 3 fully saturated rings. The van der Waals surface area contributed by atoms with Crippen LogP contribution >= 0.6 is 0 Å². The van der Waals surface area contributed by atoms with Crippen molar-refractivity contribution in [1.82, 2.24) is 4.90 Å². The predicted octanol–water partition coefficient (Wildman–Crippen LogP) is 2.69. The van der Waals surface area contributed by atoms with Gasteiger partial charge in [-0.25, -0.2) is 0 Å². The van der Waals surface area contributed by atoms with Crippen LogP contribution in [0.1, 0.15) is 24.8 Å². The largest absolute Gasteiger partial charge is 0.375 e. The van der Waals surface area contributed by atoms with Crippen molar-refractivity contribution in [3.63, 3.8) is 0 Å². The highest BCUT2D eigenvalue weighted by molar-refractivity contribution is 5.13. The summed E-state index contributed by atoms with van der Waals surface area (Å²) in [7, 11) is 0. The van der Waals surface area contributed by atoms with E-state index in [0.29, 0.717) is 6.04 Å². The topological polar surface area (TPSA) is 12.5 Å². The van der Waals surface area contributed by atoms with Gasteiger partial charge in [0.05, 0.1) is 13.2 Å². The zero-order valence-corrected chi connectivity index (χ0v) is 10.3. The summed E-state index contributed by atoms with van der Waals surface area (Å²) in [6.45, 7) is 4.26. The first-order chi connectivity index (χ1) is 8.42. The Labute approximate surface area is 104 Å². The second kappa shape index (κ2) is 5.19. The quantitative estimate of drug-likeness (QED) is 0.790. The van der Waals surface area contributed by atoms with E-state index in [1.165, 1.54) is 37.9 Å². The predicted molar refractivity (Wildman–Crippen MR) is 68.8 cm³/mol. The molecule has 1 aromatic carbocycles. The zero-order valence-electron chi connectivity index (χ0n) is 10.3. The highest BCUT2D eigenvalue weighted by Gasteiger charge is 2.33. The number of ether oxygens (including phenoxy) is 1. The minimum absolute atomic E-state index is 0.686. The van der Waals surface area contributed by atoms with E-state index in [1.54, 1.807) is 0 Å². The van der Waals surface area contributed by atoms with Crippen molar-refractivity contribution in [3.05, 3.63) is 35.9 Å². The van der Waals surface area contributed by atoms with Crippen LogP contribution in [0.15, 0.2) is 30.3 Å². The van der Waals surface area contributed by atoms with Gasteiger partial charge in [0.1, 0.15) is 0 Å². The summed E-state index contributed by atoms with van der Waals surface area (Å²) in [5.41, 5.74) is 1.28. The lowest BCUT2D eigenvalue weighted by Gasteiger charge is -2.45. The molecule has 3 aliphatic rings. The van der Waals surface area contributed by atoms with Crippen LogP contribution in [-0.2, 0) is 11.3 Å². The number of fused-ring (bicyclic) bond motifs is 3. The molecule has 0 N–H and O–H groups in total. The van der Waals surface area contributed by atoms with Gasteiger partial charge in [0, 0.05) is 6.04 Å². The van der Waals surface area contributed by atoms with Crippen molar-refractivity contribution in [2.24, 2.45) is 5.92 Å². The number of hydrogen-bond acceptors (Lipinski definition) is 2. The monoisotopic (exact) mass is 231 g/mol. The van der Waals surface area contributed by atoms with Crippen molar-refractivity contribution < 1.29 is 4.74 Å². The molecule has 92 valence electrons. The molecule has 4 rings (SSSR count). The van der Waals surface area contributed by atoms with Crippen LogP contribution in [0.3, 0.4) is 0 Å². The smallest absolute Gasteiger partial charge is 0.0717 e. The number of piperidine rings is 3. The lowest BCUT2D eigenvalue weighted by atomic mass is 9.84. The molecule has 1 aromatic rings. The summed E-state index contributed by atoms with van der Waals surface area (Å²) in [5, 5.41) is 0. The molecule has 2 bridgehead atoms. The second-order valence-corrected chi connectivity index (χ2v) is 5.37. The fourth-order valence-electron chi connectivity index (χ4n) is 3.15. The van der Waals surface area contributed by atoms with E-state index in [9.17, 15) is 0 Å². The van der Waals surface area contributed by atoms with Gasteiger partial charge in [-0.2, -0.15) is 0 Å². The van der Waals surface area contributed by atoms with Crippen molar-refractivity contribution in [3.8, 4) is 0 Å². The van der Waals surface area contributed by atoms with E-state index in [2.05, 4.69) is 35.2 Å². The normalized spacial score (nSPS) is 31.6. The third kappa shape index (κ3) is 2.70. The molecule has 3 heterocycles. The van der Waals surface area contributed by atoms with E-state index < -0.39 is 0 Å². The van der Waals surface area contributed by atoms with Crippen molar-refractivity contribution in [2.75, 3.05) is 19.7 Å². The number of rotatable bonds is 4. The van der Waals surface area contributed by atoms with Crippen LogP contribution in [0.5, 0.6) is 0 Å². The molecule has 17 heavy (non-hydrogen) atoms. The lowest BCUT2D eigenvalue weighted by Crippen LogP contribution is -2.50. The summed E-state index contributed by atoms with van der Waals surface area (Å²) < 4.78 is 5.87. The first-order valence-corrected chi connectivity index (χ1v) is 6.77. The standard InChI is InChI=1S/C15H21NO/c1-2-4-14(5-3-1)11-17-12-15-10-13-6-8-16(15)9-7-13/h1-5,13,15H,6-12H2. The van der Waals surface area contributed by atoms with Crippen LogP contribution in [0, 0.1) is 5.92 Å². The van der Waals surface area contributed by atoms with E-state index in [0.717, 1.165) is 19.1 Å². The van der Waals surface area contributed by atoms with Crippen molar-refractivity contribution in [2.45, 2.75) is 31.9 Å². The fourth-order valence-corrected chi connectivity index (χ4v) is 3.15. The minimum Gasteiger partial charge on any atom is -0.375 e. The van der Waals surface area contributed by atoms with E-state index in [-0.39, 0.29) is 0 Å². The molecule has 0 amide bonds. The molecule has 0 aromatic heterocycles. The van der Waals surface area contributed by atoms with E-state index in [4.69, 9.17) is 4.74 Å². The Morgan fingerprint density at radius 2 is 1.88 bits per heavy atom. The number of benzene rings is 1. The van der Waals surface area contributed by atoms with Gasteiger partial charge in [-0.05, 0) is 43.8 Å². The highest BCUT2D eigenvalue weighted by atomic mass is 16.5. The van der Waals surface area contributed by atoms with E-state index >= 15 is 0 Å². The Morgan fingerprint density at radius 3 is 2.53 bits per heavy atom. The SMILES string of the molecule is c1ccc(COCC2CC3CCN2CC3)cc1. The molecule has 0 radical (unpaired) electrons. The van der Waals surface area contributed by atoms with Gasteiger partial charge in [-0.3, -0.25) is 4.90 Å². The van der Waals surface area contributed by atoms with Crippen molar-refractivity contribution in [1.29, 1.82) is 0 Å². The van der Waals surface area contributed by atoms with Crippen LogP contribution in [-0.4, -0.2) is 30.6 Å². The summed E-state index contributed by atoms with van der Waals surface area (Å²) in [4.78, 5) is 2.62. The molecule has 2 nitrogen and oxygen atoms in total. The van der Waals surface area contributed by atoms with Gasteiger partial charge in [-0.15, -0.1) is 0 Å². The summed E-state index contributed by atoms with van der Waals surface area (Å²) in [6.07, 6.45) is 4.18. The third-order valence-electron chi connectivity index (χ3n) is 4.19. The fraction of sp³-hybridized carbons (Fsp3) is 0.600. The zero-order chi connectivity index (χ0) is 11.5. The number of hydrogen-bond donors (Lipinski definition) is 0. The molecule has 1 atom stereocenters. The van der Waals surface area contributed by atoms with Crippen molar-refractivity contribution >= 4 is 0 Å². The molecule has 0 aliphatic carbocycles. The molecule has 0 spiro atoms. The Bertz CT molecular complexity index is 343. The molecule has 2 heteroatoms. The number of nitrogens with zero attached hydrogens (tertiary/aromatic N) is 1. The maximum Gasteiger partial charge on any atom is 0.0717 e. The van der Waals surface area contributed by atoms with Gasteiger partial charge < -0.3 is 4.74 Å². The van der Waals surface area contributed by atoms with Crippen LogP contribution in [0.2, 0.25) is 0 Å². The van der Waals surface area contributed by atoms with Crippen LogP contribution in [0.25, 0.3) is 0 Å². The Kier molecular flexibility index (Phi) is 3.44. The molecule has 3 saturated heterocycles. The molecule has 1 unspecified atom stereocenters. The Balaban J connectivity index is 1.46. The first kappa shape index (κ1) is 11.2. The highest BCUT2D eigenvalue weighted by Crippen LogP contribution is 2.31. The van der Waals surface area contributed by atoms with Gasteiger partial charge in [-0.1, -0.05) is 30.3 Å². The maximum atomic E-state index is 5.87. The average Bonchev–Trinajstić information content (AvgIpc) is 2.41. The van der Waals surface area contributed by atoms with Crippen LogP contribution < -0.4 is 0 Å². The Morgan fingerprint density at radius 1 is 1.12 bits per heavy atom. The summed E-state index contributed by atoms with van der Waals surface area (Å²) >= 11 is 0. The summed E-state index contributed by atoms with van der Waals surface area (Å²) in [5.74, 6) is 0.977. The second-order valence-electron chi connectivity index (χ2n) is 5.37. The minimum atomic E-state index is 0.686. The molecular formula is C15H21NO.